The maximum absolute atomic E-state index is 4.18. The fourth-order valence-electron chi connectivity index (χ4n) is 0.918. The van der Waals surface area contributed by atoms with Gasteiger partial charge in [-0.3, -0.25) is 4.98 Å². The summed E-state index contributed by atoms with van der Waals surface area (Å²) in [5, 5.41) is 0. The maximum Gasteiger partial charge on any atom is 0.0701 e. The van der Waals surface area contributed by atoms with Crippen molar-refractivity contribution in [3.05, 3.63) is 61.5 Å². The molecule has 0 aliphatic heterocycles. The molecule has 0 aromatic carbocycles. The molecule has 0 N–H and O–H groups in total. The van der Waals surface area contributed by atoms with Gasteiger partial charge in [0.2, 0.25) is 0 Å². The number of nitrogens with zero attached hydrogens (tertiary/aromatic N) is 1. The zero-order valence-corrected chi connectivity index (χ0v) is 8.90. The molecule has 14 heavy (non-hydrogen) atoms. The van der Waals surface area contributed by atoms with Crippen molar-refractivity contribution < 1.29 is 0 Å². The van der Waals surface area contributed by atoms with Crippen LogP contribution in [0.4, 0.5) is 0 Å². The number of pyridine rings is 1. The Balaban J connectivity index is 0.000000791. The first-order valence-electron chi connectivity index (χ1n) is 4.75. The Morgan fingerprint density at radius 1 is 1.29 bits per heavy atom. The number of rotatable bonds is 3. The van der Waals surface area contributed by atoms with E-state index in [1.165, 1.54) is 0 Å². The van der Waals surface area contributed by atoms with E-state index < -0.39 is 0 Å². The summed E-state index contributed by atoms with van der Waals surface area (Å²) in [6.07, 6.45) is 7.14. The molecule has 0 spiro atoms. The van der Waals surface area contributed by atoms with Crippen LogP contribution in [0.5, 0.6) is 0 Å². The van der Waals surface area contributed by atoms with Gasteiger partial charge in [0.15, 0.2) is 0 Å². The van der Waals surface area contributed by atoms with Crippen LogP contribution in [0.15, 0.2) is 55.8 Å². The van der Waals surface area contributed by atoms with E-state index in [2.05, 4.69) is 18.1 Å². The molecule has 1 nitrogen and oxygen atoms in total. The molecular formula is C13H17N. The lowest BCUT2D eigenvalue weighted by Crippen LogP contribution is -1.83. The quantitative estimate of drug-likeness (QED) is 0.655. The number of aromatic nitrogens is 1. The topological polar surface area (TPSA) is 12.9 Å². The Bertz CT molecular complexity index is 296. The highest BCUT2D eigenvalue weighted by molar-refractivity contribution is 5.72. The molecule has 1 aromatic rings. The van der Waals surface area contributed by atoms with E-state index in [1.807, 2.05) is 38.1 Å². The molecule has 0 radical (unpaired) electrons. The molecule has 0 atom stereocenters. The first kappa shape index (κ1) is 12.4. The highest BCUT2D eigenvalue weighted by Gasteiger charge is 1.94. The normalized spacial score (nSPS) is 9.71. The standard InChI is InChI=1S/C11H11N.C2H6/c1-3-7-10(4-2)11-8-5-6-9-12-11;1-2/h3-9H,1-2H2;1-2H3/b10-7+;. The average molecular weight is 187 g/mol. The third-order valence-corrected chi connectivity index (χ3v) is 1.48. The largest absolute Gasteiger partial charge is 0.256 e. The zero-order chi connectivity index (χ0) is 10.8. The Morgan fingerprint density at radius 2 is 2.00 bits per heavy atom. The highest BCUT2D eigenvalue weighted by atomic mass is 14.7. The minimum atomic E-state index is 0.924. The van der Waals surface area contributed by atoms with Crippen LogP contribution in [0.2, 0.25) is 0 Å². The van der Waals surface area contributed by atoms with Crippen LogP contribution >= 0.6 is 0 Å². The molecule has 1 rings (SSSR count). The van der Waals surface area contributed by atoms with Crippen LogP contribution in [-0.2, 0) is 0 Å². The van der Waals surface area contributed by atoms with Crippen molar-refractivity contribution in [2.75, 3.05) is 0 Å². The molecule has 0 saturated carbocycles. The van der Waals surface area contributed by atoms with E-state index in [0.717, 1.165) is 11.3 Å². The second-order valence-electron chi connectivity index (χ2n) is 2.28. The van der Waals surface area contributed by atoms with Crippen molar-refractivity contribution in [2.45, 2.75) is 13.8 Å². The lowest BCUT2D eigenvalue weighted by molar-refractivity contribution is 1.28. The lowest BCUT2D eigenvalue weighted by Gasteiger charge is -1.97. The Kier molecular flexibility index (Phi) is 7.06. The zero-order valence-electron chi connectivity index (χ0n) is 8.90. The molecule has 1 heterocycles. The summed E-state index contributed by atoms with van der Waals surface area (Å²) < 4.78 is 0. The molecule has 0 unspecified atom stereocenters. The van der Waals surface area contributed by atoms with E-state index in [1.54, 1.807) is 18.3 Å². The first-order valence-corrected chi connectivity index (χ1v) is 4.75. The van der Waals surface area contributed by atoms with Gasteiger partial charge in [-0.25, -0.2) is 0 Å². The summed E-state index contributed by atoms with van der Waals surface area (Å²) in [6.45, 7) is 11.3. The van der Waals surface area contributed by atoms with Gasteiger partial charge in [-0.05, 0) is 17.7 Å². The van der Waals surface area contributed by atoms with Crippen LogP contribution < -0.4 is 0 Å². The summed E-state index contributed by atoms with van der Waals surface area (Å²) in [5.74, 6) is 0. The van der Waals surface area contributed by atoms with Crippen LogP contribution in [-0.4, -0.2) is 4.98 Å². The van der Waals surface area contributed by atoms with Crippen LogP contribution in [0.25, 0.3) is 5.57 Å². The predicted octanol–water partition coefficient (Wildman–Crippen LogP) is 3.86. The SMILES string of the molecule is C=C/C=C(\C=C)c1ccccn1.CC. The molecule has 0 saturated heterocycles. The van der Waals surface area contributed by atoms with E-state index in [9.17, 15) is 0 Å². The van der Waals surface area contributed by atoms with Crippen molar-refractivity contribution in [1.82, 2.24) is 4.98 Å². The van der Waals surface area contributed by atoms with Crippen LogP contribution in [0, 0.1) is 0 Å². The highest BCUT2D eigenvalue weighted by Crippen LogP contribution is 2.11. The van der Waals surface area contributed by atoms with E-state index in [-0.39, 0.29) is 0 Å². The van der Waals surface area contributed by atoms with E-state index in [0.29, 0.717) is 0 Å². The van der Waals surface area contributed by atoms with Gasteiger partial charge in [-0.1, -0.05) is 51.3 Å². The van der Waals surface area contributed by atoms with Crippen molar-refractivity contribution in [1.29, 1.82) is 0 Å². The number of hydrogen-bond donors (Lipinski definition) is 0. The summed E-state index contributed by atoms with van der Waals surface area (Å²) in [4.78, 5) is 4.18. The third-order valence-electron chi connectivity index (χ3n) is 1.48. The molecule has 0 aliphatic rings. The molecule has 0 fully saturated rings. The lowest BCUT2D eigenvalue weighted by atomic mass is 10.1. The summed E-state index contributed by atoms with van der Waals surface area (Å²) in [6, 6.07) is 5.78. The number of hydrogen-bond acceptors (Lipinski definition) is 1. The second kappa shape index (κ2) is 7.99. The van der Waals surface area contributed by atoms with Crippen LogP contribution in [0.3, 0.4) is 0 Å². The first-order chi connectivity index (χ1) is 6.88. The smallest absolute Gasteiger partial charge is 0.0701 e. The minimum Gasteiger partial charge on any atom is -0.256 e. The monoisotopic (exact) mass is 187 g/mol. The van der Waals surface area contributed by atoms with Gasteiger partial charge >= 0.3 is 0 Å². The van der Waals surface area contributed by atoms with E-state index in [4.69, 9.17) is 0 Å². The van der Waals surface area contributed by atoms with Crippen molar-refractivity contribution >= 4 is 5.57 Å². The number of allylic oxidation sites excluding steroid dienone is 4. The second-order valence-corrected chi connectivity index (χ2v) is 2.28. The minimum absolute atomic E-state index is 0.924. The van der Waals surface area contributed by atoms with Gasteiger partial charge in [0.05, 0.1) is 5.69 Å². The van der Waals surface area contributed by atoms with Gasteiger partial charge in [0, 0.05) is 6.20 Å². The molecule has 0 aliphatic carbocycles. The fourth-order valence-corrected chi connectivity index (χ4v) is 0.918. The molecule has 1 aromatic heterocycles. The third kappa shape index (κ3) is 3.85. The molecule has 0 amide bonds. The molecule has 74 valence electrons. The van der Waals surface area contributed by atoms with Crippen LogP contribution in [0.1, 0.15) is 19.5 Å². The van der Waals surface area contributed by atoms with E-state index >= 15 is 0 Å². The summed E-state index contributed by atoms with van der Waals surface area (Å²) in [7, 11) is 0. The van der Waals surface area contributed by atoms with Gasteiger partial charge in [-0.15, -0.1) is 0 Å². The summed E-state index contributed by atoms with van der Waals surface area (Å²) in [5.41, 5.74) is 1.91. The Morgan fingerprint density at radius 3 is 2.43 bits per heavy atom. The van der Waals surface area contributed by atoms with Gasteiger partial charge in [0.25, 0.3) is 0 Å². The fraction of sp³-hybridized carbons (Fsp3) is 0.154. The van der Waals surface area contributed by atoms with Gasteiger partial charge in [0.1, 0.15) is 0 Å². The molecule has 0 bridgehead atoms. The average Bonchev–Trinajstić information content (AvgIpc) is 2.30. The van der Waals surface area contributed by atoms with Crippen molar-refractivity contribution in [3.8, 4) is 0 Å². The maximum atomic E-state index is 4.18. The van der Waals surface area contributed by atoms with Crippen molar-refractivity contribution in [2.24, 2.45) is 0 Å². The molecule has 1 heteroatoms. The predicted molar refractivity (Wildman–Crippen MR) is 64.0 cm³/mol. The Labute approximate surface area is 86.5 Å². The van der Waals surface area contributed by atoms with Gasteiger partial charge < -0.3 is 0 Å². The molecular weight excluding hydrogens is 170 g/mol. The Hall–Kier alpha value is -1.63. The van der Waals surface area contributed by atoms with Gasteiger partial charge in [-0.2, -0.15) is 0 Å². The summed E-state index contributed by atoms with van der Waals surface area (Å²) >= 11 is 0. The van der Waals surface area contributed by atoms with Crippen molar-refractivity contribution in [3.63, 3.8) is 0 Å².